The number of hydrogen-bond donors (Lipinski definition) is 2. The van der Waals surface area contributed by atoms with Gasteiger partial charge in [-0.25, -0.2) is 4.39 Å². The molecule has 0 aliphatic heterocycles. The fraction of sp³-hybridized carbons (Fsp3) is 0.161. The van der Waals surface area contributed by atoms with Crippen LogP contribution in [0.4, 0.5) is 10.3 Å². The van der Waals surface area contributed by atoms with Crippen LogP contribution in [-0.4, -0.2) is 36.5 Å². The second-order valence-electron chi connectivity index (χ2n) is 9.31. The molecule has 41 heavy (non-hydrogen) atoms. The van der Waals surface area contributed by atoms with Gasteiger partial charge in [-0.05, 0) is 81.6 Å². The average molecular weight is 570 g/mol. The fourth-order valence-corrected chi connectivity index (χ4v) is 4.98. The van der Waals surface area contributed by atoms with Crippen molar-refractivity contribution in [1.82, 2.24) is 10.6 Å². The second kappa shape index (κ2) is 12.6. The van der Waals surface area contributed by atoms with Gasteiger partial charge in [-0.2, -0.15) is 0 Å². The third-order valence-corrected chi connectivity index (χ3v) is 7.37. The number of aromatic nitrogens is 2. The predicted molar refractivity (Wildman–Crippen MR) is 157 cm³/mol. The van der Waals surface area contributed by atoms with Crippen LogP contribution in [0.15, 0.2) is 99.0 Å². The van der Waals surface area contributed by atoms with Crippen molar-refractivity contribution in [3.05, 3.63) is 107 Å². The number of nitrogens with one attached hydrogen (secondary N) is 2. The van der Waals surface area contributed by atoms with E-state index < -0.39 is 6.02 Å². The van der Waals surface area contributed by atoms with E-state index in [0.717, 1.165) is 33.5 Å². The molecular weight excluding hydrogens is 541 g/mol. The molecule has 1 aliphatic carbocycles. The van der Waals surface area contributed by atoms with Gasteiger partial charge in [-0.15, -0.1) is 11.8 Å². The minimum atomic E-state index is -0.616. The molecule has 0 bridgehead atoms. The minimum absolute atomic E-state index is 0.0742. The van der Waals surface area contributed by atoms with Crippen molar-refractivity contribution < 1.29 is 23.5 Å². The Balaban J connectivity index is 1.20. The minimum Gasteiger partial charge on any atom is -0.846 e. The summed E-state index contributed by atoms with van der Waals surface area (Å²) in [6.45, 7) is 2.19. The molecule has 0 saturated heterocycles. The highest BCUT2D eigenvalue weighted by Gasteiger charge is 2.25. The zero-order valence-electron chi connectivity index (χ0n) is 22.6. The Bertz CT molecular complexity index is 1650. The molecule has 1 aromatic heterocycles. The maximum atomic E-state index is 14.2. The van der Waals surface area contributed by atoms with Gasteiger partial charge in [0, 0.05) is 23.6 Å². The second-order valence-corrected chi connectivity index (χ2v) is 10.2. The number of thioether (sulfide) groups is 1. The smallest absolute Gasteiger partial charge is 0.300 e. The van der Waals surface area contributed by atoms with Crippen LogP contribution in [0, 0.1) is 5.82 Å². The first-order valence-electron chi connectivity index (χ1n) is 13.0. The van der Waals surface area contributed by atoms with Gasteiger partial charge in [-0.3, -0.25) is 14.3 Å². The number of carbonyl (C=O) groups excluding carboxylic acids is 1. The van der Waals surface area contributed by atoms with E-state index in [1.165, 1.54) is 27.9 Å². The van der Waals surface area contributed by atoms with Gasteiger partial charge in [0.2, 0.25) is 16.9 Å². The third kappa shape index (κ3) is 6.72. The molecule has 3 aromatic carbocycles. The topological polar surface area (TPSA) is 106 Å². The van der Waals surface area contributed by atoms with Gasteiger partial charge in [0.1, 0.15) is 5.82 Å². The van der Waals surface area contributed by atoms with Crippen molar-refractivity contribution in [1.29, 1.82) is 0 Å². The van der Waals surface area contributed by atoms with Gasteiger partial charge >= 0.3 is 5.88 Å². The van der Waals surface area contributed by atoms with E-state index in [0.29, 0.717) is 5.56 Å². The summed E-state index contributed by atoms with van der Waals surface area (Å²) in [6, 6.07) is 21.6. The molecule has 0 saturated carbocycles. The molecule has 8 nitrogen and oxygen atoms in total. The van der Waals surface area contributed by atoms with E-state index >= 15 is 0 Å². The van der Waals surface area contributed by atoms with Gasteiger partial charge in [0.05, 0.1) is 19.0 Å². The Morgan fingerprint density at radius 1 is 1.12 bits per heavy atom. The molecule has 4 aromatic rings. The number of nitrogens with zero attached hydrogens (tertiary/aromatic N) is 3. The third-order valence-electron chi connectivity index (χ3n) is 6.62. The van der Waals surface area contributed by atoms with Gasteiger partial charge in [0.25, 0.3) is 6.20 Å². The molecule has 0 radical (unpaired) electrons. The Kier molecular flexibility index (Phi) is 8.59. The Hall–Kier alpha value is -4.70. The number of carbonyl (C=O) groups is 1. The normalized spacial score (nSPS) is 13.9. The van der Waals surface area contributed by atoms with Crippen molar-refractivity contribution >= 4 is 46.8 Å². The van der Waals surface area contributed by atoms with Crippen LogP contribution in [0.1, 0.15) is 30.0 Å². The SMILES string of the molecule is CSc1ccc(/C=C2/C(C)=C(CC(=O)NCCN=C([O-])Nc3c[n+](-c4ccccc4)no3)c3cc(F)ccc32)cc1. The van der Waals surface area contributed by atoms with Crippen molar-refractivity contribution in [2.75, 3.05) is 24.7 Å². The maximum absolute atomic E-state index is 14.2. The van der Waals surface area contributed by atoms with Gasteiger partial charge in [-0.1, -0.05) is 36.4 Å². The van der Waals surface area contributed by atoms with E-state index in [-0.39, 0.29) is 37.1 Å². The summed E-state index contributed by atoms with van der Waals surface area (Å²) in [7, 11) is 0. The number of amides is 1. The summed E-state index contributed by atoms with van der Waals surface area (Å²) in [5, 5.41) is 21.4. The molecule has 1 heterocycles. The van der Waals surface area contributed by atoms with Crippen molar-refractivity contribution in [3.8, 4) is 5.69 Å². The number of aliphatic imine (C=N–C) groups is 1. The first-order chi connectivity index (χ1) is 19.9. The predicted octanol–water partition coefficient (Wildman–Crippen LogP) is 4.47. The van der Waals surface area contributed by atoms with Gasteiger partial charge < -0.3 is 15.7 Å². The van der Waals surface area contributed by atoms with E-state index in [1.807, 2.05) is 55.6 Å². The molecule has 0 spiro atoms. The number of halogens is 1. The summed E-state index contributed by atoms with van der Waals surface area (Å²) in [6.07, 6.45) is 5.70. The number of benzene rings is 3. The Labute approximate surface area is 241 Å². The number of hydrogen-bond acceptors (Lipinski definition) is 6. The molecule has 1 aliphatic rings. The monoisotopic (exact) mass is 569 g/mol. The lowest BCUT2D eigenvalue weighted by Crippen LogP contribution is -2.32. The number of anilines is 1. The highest BCUT2D eigenvalue weighted by atomic mass is 32.2. The van der Waals surface area contributed by atoms with Gasteiger partial charge in [0.15, 0.2) is 0 Å². The highest BCUT2D eigenvalue weighted by Crippen LogP contribution is 2.43. The highest BCUT2D eigenvalue weighted by molar-refractivity contribution is 7.98. The largest absolute Gasteiger partial charge is 0.846 e. The Morgan fingerprint density at radius 2 is 1.90 bits per heavy atom. The lowest BCUT2D eigenvalue weighted by atomic mass is 10.0. The van der Waals surface area contributed by atoms with Crippen LogP contribution in [0.25, 0.3) is 22.9 Å². The van der Waals surface area contributed by atoms with Crippen LogP contribution in [-0.2, 0) is 4.79 Å². The lowest BCUT2D eigenvalue weighted by molar-refractivity contribution is -0.670. The number of rotatable bonds is 9. The first-order valence-corrected chi connectivity index (χ1v) is 14.2. The number of amidine groups is 1. The zero-order chi connectivity index (χ0) is 28.8. The lowest BCUT2D eigenvalue weighted by Gasteiger charge is -2.10. The average Bonchev–Trinajstić information content (AvgIpc) is 3.54. The molecule has 2 N–H and O–H groups in total. The molecular formula is C31H28FN5O3S. The van der Waals surface area contributed by atoms with Crippen LogP contribution >= 0.6 is 11.8 Å². The number of para-hydroxylation sites is 1. The van der Waals surface area contributed by atoms with Crippen LogP contribution < -0.4 is 20.4 Å². The van der Waals surface area contributed by atoms with E-state index in [4.69, 9.17) is 4.52 Å². The quantitative estimate of drug-likeness (QED) is 0.101. The summed E-state index contributed by atoms with van der Waals surface area (Å²) >= 11 is 1.68. The molecule has 0 unspecified atom stereocenters. The molecule has 5 rings (SSSR count). The summed E-state index contributed by atoms with van der Waals surface area (Å²) in [5.41, 5.74) is 6.09. The molecule has 0 atom stereocenters. The van der Waals surface area contributed by atoms with E-state index in [1.54, 1.807) is 17.8 Å². The van der Waals surface area contributed by atoms with Crippen LogP contribution in [0.3, 0.4) is 0 Å². The maximum Gasteiger partial charge on any atom is 0.300 e. The molecule has 10 heteroatoms. The fourth-order valence-electron chi connectivity index (χ4n) is 4.57. The number of fused-ring (bicyclic) bond motifs is 1. The summed E-state index contributed by atoms with van der Waals surface area (Å²) < 4.78 is 20.8. The molecule has 0 fully saturated rings. The van der Waals surface area contributed by atoms with E-state index in [2.05, 4.69) is 39.1 Å². The molecule has 1 amide bonds. The van der Waals surface area contributed by atoms with Crippen LogP contribution in [0.2, 0.25) is 0 Å². The first kappa shape index (κ1) is 27.9. The molecule has 208 valence electrons. The Morgan fingerprint density at radius 3 is 2.66 bits per heavy atom. The van der Waals surface area contributed by atoms with Crippen molar-refractivity contribution in [2.24, 2.45) is 4.99 Å². The van der Waals surface area contributed by atoms with Crippen molar-refractivity contribution in [3.63, 3.8) is 0 Å². The summed E-state index contributed by atoms with van der Waals surface area (Å²) in [4.78, 5) is 17.9. The van der Waals surface area contributed by atoms with E-state index in [9.17, 15) is 14.3 Å². The van der Waals surface area contributed by atoms with Crippen LogP contribution in [0.5, 0.6) is 0 Å². The summed E-state index contributed by atoms with van der Waals surface area (Å²) in [5.74, 6) is -0.453. The zero-order valence-corrected chi connectivity index (χ0v) is 23.4. The number of allylic oxidation sites excluding steroid dienone is 2. The standard InChI is InChI=1S/C31H28FN5O3S/c1-20-26(16-21-8-11-24(41-2)12-9-21)25-13-10-22(32)17-28(25)27(20)18-29(38)33-14-15-34-31(39)35-30-19-37(36-40-30)23-6-4-3-5-7-23/h3-13,16-17,19H,14-15,18H2,1-2H3,(H2-,33,34,35,36,38,39)/b26-16-. The van der Waals surface area contributed by atoms with Crippen molar-refractivity contribution in [2.45, 2.75) is 18.2 Å².